The lowest BCUT2D eigenvalue weighted by atomic mass is 10.1. The minimum atomic E-state index is -3.90. The lowest BCUT2D eigenvalue weighted by molar-refractivity contribution is -0.384. The Labute approximate surface area is 138 Å². The Balaban J connectivity index is 2.13. The molecule has 0 aromatic heterocycles. The van der Waals surface area contributed by atoms with Gasteiger partial charge in [0.15, 0.2) is 0 Å². The first-order chi connectivity index (χ1) is 10.8. The second-order valence-electron chi connectivity index (χ2n) is 5.35. The Morgan fingerprint density at radius 2 is 1.96 bits per heavy atom. The van der Waals surface area contributed by atoms with Crippen LogP contribution in [0, 0.1) is 10.1 Å². The highest BCUT2D eigenvalue weighted by Crippen LogP contribution is 2.37. The molecule has 0 aliphatic carbocycles. The van der Waals surface area contributed by atoms with E-state index in [1.54, 1.807) is 12.1 Å². The number of hydrogen-bond donors (Lipinski definition) is 0. The molecule has 1 aliphatic rings. The SMILES string of the molecule is C[C@H]1Cc2ccccc2N1S(=O)(=O)c1ccc(Cl)c([N+](=O)[O-])c1. The van der Waals surface area contributed by atoms with Gasteiger partial charge in [0.2, 0.25) is 0 Å². The summed E-state index contributed by atoms with van der Waals surface area (Å²) in [6, 6.07) is 10.5. The molecule has 0 radical (unpaired) electrons. The maximum absolute atomic E-state index is 13.0. The van der Waals surface area contributed by atoms with Crippen LogP contribution in [0.25, 0.3) is 0 Å². The van der Waals surface area contributed by atoms with E-state index in [4.69, 9.17) is 11.6 Å². The molecule has 0 saturated carbocycles. The average molecular weight is 353 g/mol. The van der Waals surface area contributed by atoms with Crippen LogP contribution >= 0.6 is 11.6 Å². The van der Waals surface area contributed by atoms with Gasteiger partial charge in [-0.15, -0.1) is 0 Å². The summed E-state index contributed by atoms with van der Waals surface area (Å²) in [4.78, 5) is 10.2. The average Bonchev–Trinajstić information content (AvgIpc) is 2.83. The number of para-hydroxylation sites is 1. The van der Waals surface area contributed by atoms with E-state index in [1.165, 1.54) is 16.4 Å². The van der Waals surface area contributed by atoms with E-state index in [9.17, 15) is 18.5 Å². The van der Waals surface area contributed by atoms with Crippen molar-refractivity contribution in [2.45, 2.75) is 24.3 Å². The van der Waals surface area contributed by atoms with Crippen LogP contribution in [-0.4, -0.2) is 19.4 Å². The normalized spacial score (nSPS) is 17.1. The summed E-state index contributed by atoms with van der Waals surface area (Å²) in [6.45, 7) is 1.81. The lowest BCUT2D eigenvalue weighted by Crippen LogP contribution is -2.35. The predicted octanol–water partition coefficient (Wildman–Crippen LogP) is 3.39. The number of anilines is 1. The third kappa shape index (κ3) is 2.55. The number of nitro groups is 1. The molecular weight excluding hydrogens is 340 g/mol. The Morgan fingerprint density at radius 1 is 1.26 bits per heavy atom. The maximum Gasteiger partial charge on any atom is 0.289 e. The first-order valence-corrected chi connectivity index (χ1v) is 8.70. The Morgan fingerprint density at radius 3 is 2.65 bits per heavy atom. The van der Waals surface area contributed by atoms with Gasteiger partial charge in [0.05, 0.1) is 15.5 Å². The second kappa shape index (κ2) is 5.50. The first-order valence-electron chi connectivity index (χ1n) is 6.88. The van der Waals surface area contributed by atoms with Gasteiger partial charge in [-0.3, -0.25) is 14.4 Å². The van der Waals surface area contributed by atoms with Crippen molar-refractivity contribution in [3.05, 3.63) is 63.2 Å². The highest BCUT2D eigenvalue weighted by molar-refractivity contribution is 7.92. The zero-order chi connectivity index (χ0) is 16.8. The van der Waals surface area contributed by atoms with Crippen molar-refractivity contribution in [2.75, 3.05) is 4.31 Å². The fraction of sp³-hybridized carbons (Fsp3) is 0.200. The third-order valence-corrected chi connectivity index (χ3v) is 6.06. The van der Waals surface area contributed by atoms with Crippen LogP contribution in [-0.2, 0) is 16.4 Å². The molecule has 0 saturated heterocycles. The highest BCUT2D eigenvalue weighted by atomic mass is 35.5. The molecule has 0 spiro atoms. The van der Waals surface area contributed by atoms with Gasteiger partial charge < -0.3 is 0 Å². The number of benzene rings is 2. The largest absolute Gasteiger partial charge is 0.289 e. The van der Waals surface area contributed by atoms with E-state index in [0.717, 1.165) is 11.6 Å². The molecule has 3 rings (SSSR count). The molecule has 8 heteroatoms. The number of sulfonamides is 1. The summed E-state index contributed by atoms with van der Waals surface area (Å²) >= 11 is 5.76. The zero-order valence-corrected chi connectivity index (χ0v) is 13.7. The number of hydrogen-bond acceptors (Lipinski definition) is 4. The molecule has 6 nitrogen and oxygen atoms in total. The molecule has 0 amide bonds. The van der Waals surface area contributed by atoms with Crippen LogP contribution in [0.2, 0.25) is 5.02 Å². The second-order valence-corrected chi connectivity index (χ2v) is 7.58. The molecule has 23 heavy (non-hydrogen) atoms. The van der Waals surface area contributed by atoms with Crippen LogP contribution in [0.1, 0.15) is 12.5 Å². The summed E-state index contributed by atoms with van der Waals surface area (Å²) in [5, 5.41) is 10.9. The number of halogens is 1. The molecule has 0 bridgehead atoms. The molecule has 1 atom stereocenters. The van der Waals surface area contributed by atoms with E-state index in [2.05, 4.69) is 0 Å². The summed E-state index contributed by atoms with van der Waals surface area (Å²) < 4.78 is 27.2. The Kier molecular flexibility index (Phi) is 3.77. The van der Waals surface area contributed by atoms with Gasteiger partial charge in [-0.25, -0.2) is 8.42 Å². The first kappa shape index (κ1) is 15.8. The van der Waals surface area contributed by atoms with Gasteiger partial charge in [0, 0.05) is 12.1 Å². The molecule has 0 unspecified atom stereocenters. The van der Waals surface area contributed by atoms with E-state index >= 15 is 0 Å². The molecule has 2 aromatic rings. The van der Waals surface area contributed by atoms with Crippen molar-refractivity contribution >= 4 is 33.0 Å². The Bertz CT molecular complexity index is 898. The highest BCUT2D eigenvalue weighted by Gasteiger charge is 2.36. The zero-order valence-electron chi connectivity index (χ0n) is 12.1. The van der Waals surface area contributed by atoms with Crippen LogP contribution in [0.15, 0.2) is 47.4 Å². The van der Waals surface area contributed by atoms with Crippen LogP contribution in [0.5, 0.6) is 0 Å². The summed E-state index contributed by atoms with van der Waals surface area (Å²) in [7, 11) is -3.90. The summed E-state index contributed by atoms with van der Waals surface area (Å²) in [5.74, 6) is 0. The fourth-order valence-corrected chi connectivity index (χ4v) is 4.71. The van der Waals surface area contributed by atoms with Crippen molar-refractivity contribution in [3.63, 3.8) is 0 Å². The van der Waals surface area contributed by atoms with Crippen molar-refractivity contribution in [3.8, 4) is 0 Å². The van der Waals surface area contributed by atoms with Gasteiger partial charge in [-0.1, -0.05) is 29.8 Å². The Hall–Kier alpha value is -2.12. The number of rotatable bonds is 3. The van der Waals surface area contributed by atoms with E-state index in [-0.39, 0.29) is 16.0 Å². The minimum Gasteiger partial charge on any atom is -0.263 e. The van der Waals surface area contributed by atoms with Crippen LogP contribution in [0.3, 0.4) is 0 Å². The molecule has 2 aromatic carbocycles. The third-order valence-electron chi connectivity index (χ3n) is 3.82. The summed E-state index contributed by atoms with van der Waals surface area (Å²) in [5.41, 5.74) is 1.12. The topological polar surface area (TPSA) is 80.5 Å². The van der Waals surface area contributed by atoms with Gasteiger partial charge in [0.1, 0.15) is 5.02 Å². The van der Waals surface area contributed by atoms with Crippen molar-refractivity contribution in [1.29, 1.82) is 0 Å². The molecule has 120 valence electrons. The van der Waals surface area contributed by atoms with Crippen LogP contribution in [0.4, 0.5) is 11.4 Å². The number of nitro benzene ring substituents is 1. The molecule has 1 aliphatic heterocycles. The van der Waals surface area contributed by atoms with Crippen molar-refractivity contribution in [2.24, 2.45) is 0 Å². The van der Waals surface area contributed by atoms with E-state index in [1.807, 2.05) is 19.1 Å². The van der Waals surface area contributed by atoms with Crippen LogP contribution < -0.4 is 4.31 Å². The minimum absolute atomic E-state index is 0.0937. The molecule has 0 fully saturated rings. The maximum atomic E-state index is 13.0. The van der Waals surface area contributed by atoms with E-state index in [0.29, 0.717) is 12.1 Å². The lowest BCUT2D eigenvalue weighted by Gasteiger charge is -2.24. The molecule has 1 heterocycles. The van der Waals surface area contributed by atoms with E-state index < -0.39 is 20.6 Å². The quantitative estimate of drug-likeness (QED) is 0.626. The number of nitrogens with zero attached hydrogens (tertiary/aromatic N) is 2. The summed E-state index contributed by atoms with van der Waals surface area (Å²) in [6.07, 6.45) is 0.602. The van der Waals surface area contributed by atoms with Gasteiger partial charge in [-0.05, 0) is 37.1 Å². The van der Waals surface area contributed by atoms with Gasteiger partial charge in [0.25, 0.3) is 15.7 Å². The molecule has 0 N–H and O–H groups in total. The van der Waals surface area contributed by atoms with Gasteiger partial charge >= 0.3 is 0 Å². The standard InChI is InChI=1S/C15H13ClN2O4S/c1-10-8-11-4-2-3-5-14(11)17(10)23(21,22)12-6-7-13(16)15(9-12)18(19)20/h2-7,9-10H,8H2,1H3/t10-/m0/s1. The van der Waals surface area contributed by atoms with Gasteiger partial charge in [-0.2, -0.15) is 0 Å². The molecular formula is C15H13ClN2O4S. The number of fused-ring (bicyclic) bond motifs is 1. The van der Waals surface area contributed by atoms with Crippen molar-refractivity contribution in [1.82, 2.24) is 0 Å². The monoisotopic (exact) mass is 352 g/mol. The fourth-order valence-electron chi connectivity index (χ4n) is 2.81. The van der Waals surface area contributed by atoms with Crippen molar-refractivity contribution < 1.29 is 13.3 Å². The smallest absolute Gasteiger partial charge is 0.263 e. The predicted molar refractivity (Wildman–Crippen MR) is 87.4 cm³/mol.